The maximum absolute atomic E-state index is 4.46. The van der Waals surface area contributed by atoms with Gasteiger partial charge in [0.15, 0.2) is 0 Å². The molecular weight excluding hydrogens is 234 g/mol. The van der Waals surface area contributed by atoms with Gasteiger partial charge in [-0.1, -0.05) is 25.8 Å². The molecule has 1 aliphatic carbocycles. The van der Waals surface area contributed by atoms with Gasteiger partial charge in [-0.25, -0.2) is 4.99 Å². The summed E-state index contributed by atoms with van der Waals surface area (Å²) in [6, 6.07) is 2.21. The Balaban J connectivity index is 2.03. The first-order chi connectivity index (χ1) is 9.34. The summed E-state index contributed by atoms with van der Waals surface area (Å²) >= 11 is 0. The molecule has 1 aliphatic heterocycles. The molecule has 0 spiro atoms. The Morgan fingerprint density at radius 1 is 1.21 bits per heavy atom. The average molecular weight is 253 g/mol. The highest BCUT2D eigenvalue weighted by molar-refractivity contribution is 5.77. The highest BCUT2D eigenvalue weighted by atomic mass is 15.0. The van der Waals surface area contributed by atoms with Gasteiger partial charge in [0.2, 0.25) is 0 Å². The molecule has 0 saturated heterocycles. The molecule has 1 N–H and O–H groups in total. The Hall–Kier alpha value is -1.90. The van der Waals surface area contributed by atoms with Crippen LogP contribution in [0.5, 0.6) is 0 Å². The van der Waals surface area contributed by atoms with Crippen LogP contribution in [0.2, 0.25) is 0 Å². The minimum absolute atomic E-state index is 0.657. The summed E-state index contributed by atoms with van der Waals surface area (Å²) in [5.74, 6) is 1.50. The lowest BCUT2D eigenvalue weighted by atomic mass is 9.85. The molecule has 98 valence electrons. The first-order valence-corrected chi connectivity index (χ1v) is 6.99. The van der Waals surface area contributed by atoms with E-state index in [1.807, 2.05) is 18.5 Å². The smallest absolute Gasteiger partial charge is 0.139 e. The molecule has 0 radical (unpaired) electrons. The zero-order valence-corrected chi connectivity index (χ0v) is 11.1. The third-order valence-electron chi connectivity index (χ3n) is 3.93. The van der Waals surface area contributed by atoms with Crippen LogP contribution in [0.25, 0.3) is 12.4 Å². The van der Waals surface area contributed by atoms with E-state index in [1.54, 1.807) is 6.21 Å². The number of nitrogens with zero attached hydrogens (tertiary/aromatic N) is 2. The first kappa shape index (κ1) is 12.2. The van der Waals surface area contributed by atoms with Crippen LogP contribution in [-0.4, -0.2) is 11.2 Å². The van der Waals surface area contributed by atoms with Gasteiger partial charge in [-0.2, -0.15) is 0 Å². The molecule has 1 saturated carbocycles. The van der Waals surface area contributed by atoms with Crippen molar-refractivity contribution in [3.05, 3.63) is 40.7 Å². The summed E-state index contributed by atoms with van der Waals surface area (Å²) in [5.41, 5.74) is 1.33. The predicted molar refractivity (Wildman–Crippen MR) is 79.0 cm³/mol. The maximum Gasteiger partial charge on any atom is 0.139 e. The maximum atomic E-state index is 4.46. The van der Waals surface area contributed by atoms with Gasteiger partial charge >= 0.3 is 0 Å². The highest BCUT2D eigenvalue weighted by Crippen LogP contribution is 2.31. The van der Waals surface area contributed by atoms with E-state index in [-0.39, 0.29) is 0 Å². The minimum atomic E-state index is 0.657. The lowest BCUT2D eigenvalue weighted by molar-refractivity contribution is 0.442. The van der Waals surface area contributed by atoms with Crippen LogP contribution in [0.15, 0.2) is 29.5 Å². The Bertz CT molecular complexity index is 622. The summed E-state index contributed by atoms with van der Waals surface area (Å²) in [6.07, 6.45) is 14.2. The van der Waals surface area contributed by atoms with Crippen LogP contribution < -0.4 is 15.9 Å². The van der Waals surface area contributed by atoms with Crippen LogP contribution in [0.1, 0.15) is 43.6 Å². The van der Waals surface area contributed by atoms with Crippen LogP contribution in [-0.2, 0) is 0 Å². The third-order valence-corrected chi connectivity index (χ3v) is 3.93. The fraction of sp³-hybridized carbons (Fsp3) is 0.375. The lowest BCUT2D eigenvalue weighted by Crippen LogP contribution is -2.33. The van der Waals surface area contributed by atoms with Crippen LogP contribution >= 0.6 is 0 Å². The van der Waals surface area contributed by atoms with Crippen molar-refractivity contribution in [3.8, 4) is 0 Å². The number of rotatable bonds is 1. The molecule has 1 aromatic heterocycles. The standard InChI is InChI=1S/C16H19N3/c1-12-15(16-17-8-5-9-18-16)10-14(11-19-12)13-6-3-2-4-7-13/h5,8-11,13,17H,1-4,6-7H2/b16-15-. The Kier molecular flexibility index (Phi) is 3.45. The molecule has 0 aromatic carbocycles. The van der Waals surface area contributed by atoms with Crippen molar-refractivity contribution in [2.75, 3.05) is 0 Å². The Morgan fingerprint density at radius 2 is 2.05 bits per heavy atom. The number of allylic oxidation sites excluding steroid dienone is 1. The molecule has 3 rings (SSSR count). The van der Waals surface area contributed by atoms with Gasteiger partial charge in [0, 0.05) is 23.8 Å². The van der Waals surface area contributed by atoms with Gasteiger partial charge in [0.1, 0.15) is 5.82 Å². The second kappa shape index (κ2) is 5.39. The second-order valence-electron chi connectivity index (χ2n) is 5.23. The lowest BCUT2D eigenvalue weighted by Gasteiger charge is -2.21. The molecule has 2 aliphatic rings. The van der Waals surface area contributed by atoms with E-state index in [4.69, 9.17) is 0 Å². The monoisotopic (exact) mass is 253 g/mol. The predicted octanol–water partition coefficient (Wildman–Crippen LogP) is 1.79. The largest absolute Gasteiger partial charge is 0.346 e. The molecule has 0 atom stereocenters. The fourth-order valence-corrected chi connectivity index (χ4v) is 2.85. The van der Waals surface area contributed by atoms with Crippen LogP contribution in [0.4, 0.5) is 0 Å². The van der Waals surface area contributed by atoms with E-state index >= 15 is 0 Å². The summed E-state index contributed by atoms with van der Waals surface area (Å²) in [7, 11) is 0. The van der Waals surface area contributed by atoms with Gasteiger partial charge in [0.25, 0.3) is 0 Å². The van der Waals surface area contributed by atoms with Crippen molar-refractivity contribution in [2.45, 2.75) is 38.0 Å². The Morgan fingerprint density at radius 3 is 2.79 bits per heavy atom. The summed E-state index contributed by atoms with van der Waals surface area (Å²) in [4.78, 5) is 8.82. The molecule has 1 fully saturated rings. The summed E-state index contributed by atoms with van der Waals surface area (Å²) in [5, 5.41) is 4.97. The fourth-order valence-electron chi connectivity index (χ4n) is 2.85. The number of nitrogens with one attached hydrogen (secondary N) is 1. The van der Waals surface area contributed by atoms with E-state index in [9.17, 15) is 0 Å². The molecule has 0 unspecified atom stereocenters. The van der Waals surface area contributed by atoms with Gasteiger partial charge < -0.3 is 5.32 Å². The molecule has 1 aromatic rings. The van der Waals surface area contributed by atoms with Crippen molar-refractivity contribution in [3.63, 3.8) is 0 Å². The van der Waals surface area contributed by atoms with Crippen molar-refractivity contribution >= 4 is 18.6 Å². The SMILES string of the molecule is C=c1ncc(C2CCCCC2)c/c1=C1/N=CC=CN1. The van der Waals surface area contributed by atoms with E-state index < -0.39 is 0 Å². The second-order valence-corrected chi connectivity index (χ2v) is 5.23. The van der Waals surface area contributed by atoms with Gasteiger partial charge in [0.05, 0.1) is 5.35 Å². The number of hydrogen-bond donors (Lipinski definition) is 1. The topological polar surface area (TPSA) is 37.3 Å². The van der Waals surface area contributed by atoms with Gasteiger partial charge in [-0.3, -0.25) is 4.98 Å². The van der Waals surface area contributed by atoms with Gasteiger partial charge in [-0.05, 0) is 36.5 Å². The minimum Gasteiger partial charge on any atom is -0.346 e. The molecule has 0 bridgehead atoms. The van der Waals surface area contributed by atoms with Crippen LogP contribution in [0, 0.1) is 0 Å². The normalized spacial score (nSPS) is 22.3. The van der Waals surface area contributed by atoms with E-state index in [1.165, 1.54) is 37.7 Å². The summed E-state index contributed by atoms with van der Waals surface area (Å²) < 4.78 is 0. The van der Waals surface area contributed by atoms with Gasteiger partial charge in [-0.15, -0.1) is 0 Å². The summed E-state index contributed by atoms with van der Waals surface area (Å²) in [6.45, 7) is 4.01. The zero-order chi connectivity index (χ0) is 13.1. The highest BCUT2D eigenvalue weighted by Gasteiger charge is 2.16. The van der Waals surface area contributed by atoms with E-state index in [0.717, 1.165) is 16.4 Å². The van der Waals surface area contributed by atoms with E-state index in [0.29, 0.717) is 5.92 Å². The third kappa shape index (κ3) is 2.60. The van der Waals surface area contributed by atoms with Crippen molar-refractivity contribution in [1.29, 1.82) is 0 Å². The average Bonchev–Trinajstić information content (AvgIpc) is 2.49. The van der Waals surface area contributed by atoms with Crippen molar-refractivity contribution in [2.24, 2.45) is 4.99 Å². The number of hydrogen-bond acceptors (Lipinski definition) is 3. The number of aromatic nitrogens is 1. The van der Waals surface area contributed by atoms with E-state index in [2.05, 4.69) is 27.9 Å². The molecule has 0 amide bonds. The van der Waals surface area contributed by atoms with Crippen molar-refractivity contribution < 1.29 is 0 Å². The van der Waals surface area contributed by atoms with Crippen molar-refractivity contribution in [1.82, 2.24) is 10.3 Å². The number of pyridine rings is 1. The quantitative estimate of drug-likeness (QED) is 0.828. The molecular formula is C16H19N3. The molecule has 19 heavy (non-hydrogen) atoms. The first-order valence-electron chi connectivity index (χ1n) is 6.99. The zero-order valence-electron chi connectivity index (χ0n) is 11.1. The van der Waals surface area contributed by atoms with Crippen LogP contribution in [0.3, 0.4) is 0 Å². The molecule has 2 heterocycles. The molecule has 3 nitrogen and oxygen atoms in total. The Labute approximate surface area is 113 Å². The number of aliphatic imine (C=N–C) groups is 1. The molecule has 3 heteroatoms.